The highest BCUT2D eigenvalue weighted by Gasteiger charge is 2.40. The number of halogens is 2. The number of allylic oxidation sites excluding steroid dienone is 3. The van der Waals surface area contributed by atoms with Gasteiger partial charge in [-0.05, 0) is 68.6 Å². The van der Waals surface area contributed by atoms with Crippen molar-refractivity contribution in [1.29, 1.82) is 0 Å². The van der Waals surface area contributed by atoms with Crippen LogP contribution in [0, 0.1) is 5.92 Å². The molecule has 176 valence electrons. The van der Waals surface area contributed by atoms with E-state index in [1.54, 1.807) is 0 Å². The minimum atomic E-state index is -0.955. The molecule has 0 aromatic heterocycles. The lowest BCUT2D eigenvalue weighted by Crippen LogP contribution is -2.31. The van der Waals surface area contributed by atoms with E-state index < -0.39 is 17.1 Å². The lowest BCUT2D eigenvalue weighted by molar-refractivity contribution is -0.00845. The third-order valence-corrected chi connectivity index (χ3v) is 7.93. The molecule has 1 aromatic carbocycles. The molecule has 3 aliphatic rings. The van der Waals surface area contributed by atoms with Crippen LogP contribution in [0.1, 0.15) is 89.2 Å². The SMILES string of the molecule is CCCC1CCC(c2ccc(C3(C)CC=C(C4CCC(CC)OC4)C(F)=C3F)cc2)CO1. The van der Waals surface area contributed by atoms with Gasteiger partial charge in [0.1, 0.15) is 5.83 Å². The highest BCUT2D eigenvalue weighted by molar-refractivity contribution is 5.45. The zero-order valence-corrected chi connectivity index (χ0v) is 19.8. The Labute approximate surface area is 192 Å². The van der Waals surface area contributed by atoms with E-state index in [9.17, 15) is 0 Å². The maximum Gasteiger partial charge on any atom is 0.158 e. The van der Waals surface area contributed by atoms with Gasteiger partial charge in [0, 0.05) is 11.8 Å². The van der Waals surface area contributed by atoms with Crippen molar-refractivity contribution < 1.29 is 18.3 Å². The van der Waals surface area contributed by atoms with Crippen LogP contribution >= 0.6 is 0 Å². The zero-order valence-electron chi connectivity index (χ0n) is 19.8. The Morgan fingerprint density at radius 2 is 1.56 bits per heavy atom. The second-order valence-electron chi connectivity index (χ2n) is 10.1. The molecule has 0 spiro atoms. The number of rotatable bonds is 6. The molecule has 5 unspecified atom stereocenters. The molecule has 0 saturated carbocycles. The van der Waals surface area contributed by atoms with Gasteiger partial charge in [0.25, 0.3) is 0 Å². The van der Waals surface area contributed by atoms with Crippen LogP contribution in [0.2, 0.25) is 0 Å². The van der Waals surface area contributed by atoms with Crippen LogP contribution in [0.3, 0.4) is 0 Å². The first-order chi connectivity index (χ1) is 15.5. The maximum absolute atomic E-state index is 15.4. The molecule has 2 aliphatic heterocycles. The second-order valence-corrected chi connectivity index (χ2v) is 10.1. The number of hydrogen-bond donors (Lipinski definition) is 0. The van der Waals surface area contributed by atoms with E-state index in [0.29, 0.717) is 30.6 Å². The molecular formula is C28H38F2O2. The monoisotopic (exact) mass is 444 g/mol. The minimum Gasteiger partial charge on any atom is -0.378 e. The summed E-state index contributed by atoms with van der Waals surface area (Å²) in [6.45, 7) is 7.34. The van der Waals surface area contributed by atoms with Gasteiger partial charge in [0.15, 0.2) is 5.83 Å². The number of ether oxygens (including phenoxy) is 2. The van der Waals surface area contributed by atoms with Crippen LogP contribution < -0.4 is 0 Å². The lowest BCUT2D eigenvalue weighted by Gasteiger charge is -2.36. The van der Waals surface area contributed by atoms with Crippen molar-refractivity contribution in [3.63, 3.8) is 0 Å². The van der Waals surface area contributed by atoms with Crippen LogP contribution in [-0.2, 0) is 14.9 Å². The van der Waals surface area contributed by atoms with E-state index in [0.717, 1.165) is 57.1 Å². The van der Waals surface area contributed by atoms with Crippen molar-refractivity contribution in [2.75, 3.05) is 13.2 Å². The van der Waals surface area contributed by atoms with Gasteiger partial charge in [0.2, 0.25) is 0 Å². The fourth-order valence-electron chi connectivity index (χ4n) is 5.57. The summed E-state index contributed by atoms with van der Waals surface area (Å²) in [6, 6.07) is 8.13. The van der Waals surface area contributed by atoms with Crippen LogP contribution in [-0.4, -0.2) is 25.4 Å². The molecule has 2 fully saturated rings. The summed E-state index contributed by atoms with van der Waals surface area (Å²) in [6.07, 6.45) is 10.3. The van der Waals surface area contributed by atoms with Gasteiger partial charge in [0.05, 0.1) is 30.8 Å². The average molecular weight is 445 g/mol. The van der Waals surface area contributed by atoms with Crippen molar-refractivity contribution in [2.45, 2.75) is 95.7 Å². The summed E-state index contributed by atoms with van der Waals surface area (Å²) in [5.41, 5.74) is 1.61. The summed E-state index contributed by atoms with van der Waals surface area (Å²) in [5, 5.41) is 0. The Kier molecular flexibility index (Phi) is 7.51. The summed E-state index contributed by atoms with van der Waals surface area (Å²) in [4.78, 5) is 0. The van der Waals surface area contributed by atoms with Gasteiger partial charge in [-0.2, -0.15) is 0 Å². The summed E-state index contributed by atoms with van der Waals surface area (Å²) in [5.74, 6) is -0.964. The maximum atomic E-state index is 15.4. The van der Waals surface area contributed by atoms with E-state index in [2.05, 4.69) is 26.0 Å². The smallest absolute Gasteiger partial charge is 0.158 e. The average Bonchev–Trinajstić information content (AvgIpc) is 2.84. The van der Waals surface area contributed by atoms with Crippen LogP contribution in [0.4, 0.5) is 8.78 Å². The van der Waals surface area contributed by atoms with E-state index in [1.165, 1.54) is 5.56 Å². The van der Waals surface area contributed by atoms with E-state index in [-0.39, 0.29) is 12.0 Å². The van der Waals surface area contributed by atoms with Crippen molar-refractivity contribution in [2.24, 2.45) is 5.92 Å². The Morgan fingerprint density at radius 1 is 0.906 bits per heavy atom. The first-order valence-electron chi connectivity index (χ1n) is 12.6. The summed E-state index contributed by atoms with van der Waals surface area (Å²) in [7, 11) is 0. The summed E-state index contributed by atoms with van der Waals surface area (Å²) < 4.78 is 42.5. The first-order valence-corrected chi connectivity index (χ1v) is 12.6. The molecule has 2 nitrogen and oxygen atoms in total. The quantitative estimate of drug-likeness (QED) is 0.448. The molecule has 4 rings (SSSR count). The molecule has 0 N–H and O–H groups in total. The van der Waals surface area contributed by atoms with Crippen molar-refractivity contribution >= 4 is 0 Å². The zero-order chi connectivity index (χ0) is 22.7. The molecule has 1 aromatic rings. The van der Waals surface area contributed by atoms with E-state index in [1.807, 2.05) is 25.1 Å². The molecule has 4 heteroatoms. The predicted octanol–water partition coefficient (Wildman–Crippen LogP) is 7.69. The van der Waals surface area contributed by atoms with E-state index >= 15 is 8.78 Å². The van der Waals surface area contributed by atoms with Crippen molar-refractivity contribution in [1.82, 2.24) is 0 Å². The van der Waals surface area contributed by atoms with Crippen LogP contribution in [0.15, 0.2) is 47.6 Å². The number of hydrogen-bond acceptors (Lipinski definition) is 2. The van der Waals surface area contributed by atoms with Gasteiger partial charge in [-0.15, -0.1) is 0 Å². The molecule has 2 heterocycles. The molecule has 2 saturated heterocycles. The van der Waals surface area contributed by atoms with Crippen molar-refractivity contribution in [3.8, 4) is 0 Å². The van der Waals surface area contributed by atoms with Gasteiger partial charge >= 0.3 is 0 Å². The minimum absolute atomic E-state index is 0.0432. The normalized spacial score (nSPS) is 33.8. The van der Waals surface area contributed by atoms with Gasteiger partial charge in [-0.25, -0.2) is 8.78 Å². The topological polar surface area (TPSA) is 18.5 Å². The van der Waals surface area contributed by atoms with E-state index in [4.69, 9.17) is 9.47 Å². The van der Waals surface area contributed by atoms with Gasteiger partial charge in [-0.1, -0.05) is 50.6 Å². The highest BCUT2D eigenvalue weighted by Crippen LogP contribution is 2.47. The number of benzene rings is 1. The lowest BCUT2D eigenvalue weighted by atomic mass is 9.72. The molecular weight excluding hydrogens is 406 g/mol. The Morgan fingerprint density at radius 3 is 2.16 bits per heavy atom. The molecule has 5 atom stereocenters. The van der Waals surface area contributed by atoms with Crippen molar-refractivity contribution in [3.05, 3.63) is 58.7 Å². The standard InChI is InChI=1S/C28H38F2O2/c1-4-6-24-14-9-20(17-32-24)19-7-11-22(12-8-19)28(3)16-15-25(26(29)27(28)30)21-10-13-23(5-2)31-18-21/h7-8,11-12,15,20-21,23-24H,4-6,9-10,13-14,16-18H2,1-3H3. The molecule has 0 bridgehead atoms. The Balaban J connectivity index is 1.44. The molecule has 0 amide bonds. The molecule has 1 aliphatic carbocycles. The second kappa shape index (κ2) is 10.2. The highest BCUT2D eigenvalue weighted by atomic mass is 19.2. The van der Waals surface area contributed by atoms with Gasteiger partial charge < -0.3 is 9.47 Å². The Hall–Kier alpha value is -1.52. The predicted molar refractivity (Wildman–Crippen MR) is 125 cm³/mol. The third kappa shape index (κ3) is 4.72. The summed E-state index contributed by atoms with van der Waals surface area (Å²) >= 11 is 0. The third-order valence-electron chi connectivity index (χ3n) is 7.93. The van der Waals surface area contributed by atoms with Crippen LogP contribution in [0.25, 0.3) is 0 Å². The fraction of sp³-hybridized carbons (Fsp3) is 0.643. The largest absolute Gasteiger partial charge is 0.378 e. The fourth-order valence-corrected chi connectivity index (χ4v) is 5.57. The Bertz CT molecular complexity index is 827. The molecule has 0 radical (unpaired) electrons. The first kappa shape index (κ1) is 23.6. The molecule has 32 heavy (non-hydrogen) atoms. The van der Waals surface area contributed by atoms with Gasteiger partial charge in [-0.3, -0.25) is 0 Å². The van der Waals surface area contributed by atoms with Crippen LogP contribution in [0.5, 0.6) is 0 Å².